The molecule has 0 saturated heterocycles. The molecule has 6 nitrogen and oxygen atoms in total. The summed E-state index contributed by atoms with van der Waals surface area (Å²) in [5, 5.41) is 2.95. The Kier molecular flexibility index (Phi) is 8.16. The third-order valence-electron chi connectivity index (χ3n) is 6.58. The van der Waals surface area contributed by atoms with E-state index in [1.54, 1.807) is 7.11 Å². The van der Waals surface area contributed by atoms with Gasteiger partial charge in [0.15, 0.2) is 0 Å². The van der Waals surface area contributed by atoms with Crippen molar-refractivity contribution in [2.24, 2.45) is 5.73 Å². The van der Waals surface area contributed by atoms with Crippen LogP contribution in [0.3, 0.4) is 0 Å². The van der Waals surface area contributed by atoms with E-state index in [-0.39, 0.29) is 30.3 Å². The molecule has 0 radical (unpaired) electrons. The van der Waals surface area contributed by atoms with E-state index in [2.05, 4.69) is 5.32 Å². The Hall–Kier alpha value is -3.64. The van der Waals surface area contributed by atoms with Crippen LogP contribution in [0.1, 0.15) is 47.2 Å². The molecule has 3 N–H and O–H groups in total. The molecule has 1 aliphatic carbocycles. The van der Waals surface area contributed by atoms with Crippen molar-refractivity contribution in [3.8, 4) is 5.75 Å². The lowest BCUT2D eigenvalue weighted by Gasteiger charge is -2.38. The fourth-order valence-electron chi connectivity index (χ4n) is 4.64. The van der Waals surface area contributed by atoms with Gasteiger partial charge in [0.05, 0.1) is 13.5 Å². The molecule has 35 heavy (non-hydrogen) atoms. The zero-order valence-electron chi connectivity index (χ0n) is 20.2. The highest BCUT2D eigenvalue weighted by molar-refractivity contribution is 5.94. The van der Waals surface area contributed by atoms with Crippen molar-refractivity contribution in [2.75, 3.05) is 12.4 Å². The molecule has 0 spiro atoms. The SMILES string of the molecule is COc1ccc(CC(=O)Nc2ccc(CN(C(=O)c3ccccc3)C3CCCCC3N)cc2)cc1. The summed E-state index contributed by atoms with van der Waals surface area (Å²) in [6.45, 7) is 0.478. The first-order valence-corrected chi connectivity index (χ1v) is 12.2. The number of nitrogens with two attached hydrogens (primary N) is 1. The number of amides is 2. The van der Waals surface area contributed by atoms with Gasteiger partial charge in [-0.25, -0.2) is 0 Å². The number of ether oxygens (including phenoxy) is 1. The lowest BCUT2D eigenvalue weighted by Crippen LogP contribution is -2.51. The quantitative estimate of drug-likeness (QED) is 0.495. The first-order chi connectivity index (χ1) is 17.0. The number of rotatable bonds is 8. The Morgan fingerprint density at radius 1 is 0.914 bits per heavy atom. The summed E-state index contributed by atoms with van der Waals surface area (Å²) in [6, 6.07) is 24.5. The molecule has 2 amide bonds. The van der Waals surface area contributed by atoms with Crippen molar-refractivity contribution in [2.45, 2.75) is 50.7 Å². The number of nitrogens with one attached hydrogen (secondary N) is 1. The highest BCUT2D eigenvalue weighted by Gasteiger charge is 2.31. The molecular formula is C29H33N3O3. The number of carbonyl (C=O) groups excluding carboxylic acids is 2. The predicted octanol–water partition coefficient (Wildman–Crippen LogP) is 4.79. The van der Waals surface area contributed by atoms with Gasteiger partial charge in [0.1, 0.15) is 5.75 Å². The number of methoxy groups -OCH3 is 1. The Bertz CT molecular complexity index is 1110. The van der Waals surface area contributed by atoms with Crippen LogP contribution in [0.4, 0.5) is 5.69 Å². The van der Waals surface area contributed by atoms with Crippen molar-refractivity contribution >= 4 is 17.5 Å². The predicted molar refractivity (Wildman–Crippen MR) is 138 cm³/mol. The topological polar surface area (TPSA) is 84.7 Å². The van der Waals surface area contributed by atoms with Crippen molar-refractivity contribution in [3.05, 3.63) is 95.6 Å². The van der Waals surface area contributed by atoms with Crippen molar-refractivity contribution < 1.29 is 14.3 Å². The minimum atomic E-state index is -0.0861. The van der Waals surface area contributed by atoms with E-state index in [1.807, 2.05) is 83.8 Å². The number of benzene rings is 3. The monoisotopic (exact) mass is 471 g/mol. The molecule has 1 fully saturated rings. The van der Waals surface area contributed by atoms with E-state index < -0.39 is 0 Å². The van der Waals surface area contributed by atoms with Gasteiger partial charge in [-0.05, 0) is 60.4 Å². The Morgan fingerprint density at radius 3 is 2.23 bits per heavy atom. The van der Waals surface area contributed by atoms with E-state index in [0.717, 1.165) is 48.2 Å². The van der Waals surface area contributed by atoms with Crippen molar-refractivity contribution in [3.63, 3.8) is 0 Å². The Morgan fingerprint density at radius 2 is 1.57 bits per heavy atom. The van der Waals surface area contributed by atoms with Crippen LogP contribution < -0.4 is 15.8 Å². The summed E-state index contributed by atoms with van der Waals surface area (Å²) in [7, 11) is 1.62. The second-order valence-corrected chi connectivity index (χ2v) is 9.08. The van der Waals surface area contributed by atoms with Gasteiger partial charge < -0.3 is 20.7 Å². The van der Waals surface area contributed by atoms with E-state index in [0.29, 0.717) is 12.1 Å². The molecule has 0 aromatic heterocycles. The van der Waals surface area contributed by atoms with Gasteiger partial charge in [-0.15, -0.1) is 0 Å². The second-order valence-electron chi connectivity index (χ2n) is 9.08. The van der Waals surface area contributed by atoms with Crippen LogP contribution in [-0.2, 0) is 17.8 Å². The molecule has 4 rings (SSSR count). The van der Waals surface area contributed by atoms with Crippen LogP contribution in [0, 0.1) is 0 Å². The van der Waals surface area contributed by atoms with Gasteiger partial charge in [-0.2, -0.15) is 0 Å². The van der Waals surface area contributed by atoms with Gasteiger partial charge in [-0.1, -0.05) is 55.3 Å². The first kappa shape index (κ1) is 24.5. The highest BCUT2D eigenvalue weighted by atomic mass is 16.5. The average Bonchev–Trinajstić information content (AvgIpc) is 2.89. The number of anilines is 1. The number of nitrogens with zero attached hydrogens (tertiary/aromatic N) is 1. The Balaban J connectivity index is 1.43. The minimum absolute atomic E-state index is 0.00446. The Labute approximate surface area is 207 Å². The van der Waals surface area contributed by atoms with Crippen LogP contribution in [0.25, 0.3) is 0 Å². The molecule has 2 unspecified atom stereocenters. The molecule has 1 aliphatic rings. The van der Waals surface area contributed by atoms with E-state index in [1.165, 1.54) is 0 Å². The molecular weight excluding hydrogens is 438 g/mol. The fraction of sp³-hybridized carbons (Fsp3) is 0.310. The largest absolute Gasteiger partial charge is 0.497 e. The van der Waals surface area contributed by atoms with Gasteiger partial charge in [0.25, 0.3) is 5.91 Å². The molecule has 0 heterocycles. The molecule has 182 valence electrons. The van der Waals surface area contributed by atoms with E-state index in [9.17, 15) is 9.59 Å². The molecule has 2 atom stereocenters. The van der Waals surface area contributed by atoms with Crippen LogP contribution in [0.5, 0.6) is 5.75 Å². The summed E-state index contributed by atoms with van der Waals surface area (Å²) in [6.07, 6.45) is 4.32. The summed E-state index contributed by atoms with van der Waals surface area (Å²) in [5.41, 5.74) is 9.77. The van der Waals surface area contributed by atoms with Crippen LogP contribution in [-0.4, -0.2) is 35.9 Å². The second kappa shape index (κ2) is 11.7. The average molecular weight is 472 g/mol. The van der Waals surface area contributed by atoms with Gasteiger partial charge in [0, 0.05) is 29.9 Å². The van der Waals surface area contributed by atoms with Crippen molar-refractivity contribution in [1.29, 1.82) is 0 Å². The van der Waals surface area contributed by atoms with Crippen molar-refractivity contribution in [1.82, 2.24) is 4.90 Å². The van der Waals surface area contributed by atoms with Crippen LogP contribution >= 0.6 is 0 Å². The summed E-state index contributed by atoms with van der Waals surface area (Å²) >= 11 is 0. The third kappa shape index (κ3) is 6.49. The summed E-state index contributed by atoms with van der Waals surface area (Å²) in [4.78, 5) is 27.8. The maximum absolute atomic E-state index is 13.4. The lowest BCUT2D eigenvalue weighted by molar-refractivity contribution is -0.115. The standard InChI is InChI=1S/C29H33N3O3/c1-35-25-17-13-21(14-18-25)19-28(33)31-24-15-11-22(12-16-24)20-32(27-10-6-5-9-26(27)30)29(34)23-7-3-2-4-8-23/h2-4,7-8,11-18,26-27H,5-6,9-10,19-20,30H2,1H3,(H,31,33). The summed E-state index contributed by atoms with van der Waals surface area (Å²) in [5.74, 6) is 0.681. The number of hydrogen-bond donors (Lipinski definition) is 2. The first-order valence-electron chi connectivity index (χ1n) is 12.2. The van der Waals surface area contributed by atoms with Crippen LogP contribution in [0.2, 0.25) is 0 Å². The van der Waals surface area contributed by atoms with Crippen LogP contribution in [0.15, 0.2) is 78.9 Å². The zero-order chi connectivity index (χ0) is 24.6. The maximum Gasteiger partial charge on any atom is 0.254 e. The van der Waals surface area contributed by atoms with E-state index in [4.69, 9.17) is 10.5 Å². The normalized spacial score (nSPS) is 17.4. The number of hydrogen-bond acceptors (Lipinski definition) is 4. The summed E-state index contributed by atoms with van der Waals surface area (Å²) < 4.78 is 5.16. The lowest BCUT2D eigenvalue weighted by atomic mass is 9.89. The molecule has 3 aromatic carbocycles. The minimum Gasteiger partial charge on any atom is -0.497 e. The highest BCUT2D eigenvalue weighted by Crippen LogP contribution is 2.26. The number of carbonyl (C=O) groups is 2. The van der Waals surface area contributed by atoms with Gasteiger partial charge >= 0.3 is 0 Å². The van der Waals surface area contributed by atoms with Gasteiger partial charge in [-0.3, -0.25) is 9.59 Å². The maximum atomic E-state index is 13.4. The molecule has 3 aromatic rings. The zero-order valence-corrected chi connectivity index (χ0v) is 20.2. The van der Waals surface area contributed by atoms with E-state index >= 15 is 0 Å². The fourth-order valence-corrected chi connectivity index (χ4v) is 4.64. The molecule has 0 bridgehead atoms. The molecule has 1 saturated carbocycles. The molecule has 0 aliphatic heterocycles. The van der Waals surface area contributed by atoms with Gasteiger partial charge in [0.2, 0.25) is 5.91 Å². The molecule has 6 heteroatoms. The third-order valence-corrected chi connectivity index (χ3v) is 6.58. The smallest absolute Gasteiger partial charge is 0.254 e.